The van der Waals surface area contributed by atoms with Crippen LogP contribution in [-0.2, 0) is 0 Å². The van der Waals surface area contributed by atoms with Crippen LogP contribution in [0.15, 0.2) is 52.3 Å². The van der Waals surface area contributed by atoms with Gasteiger partial charge in [0, 0.05) is 23.6 Å². The average Bonchev–Trinajstić information content (AvgIpc) is 3.06. The van der Waals surface area contributed by atoms with Crippen LogP contribution in [0.3, 0.4) is 0 Å². The summed E-state index contributed by atoms with van der Waals surface area (Å²) < 4.78 is 5.50. The first-order chi connectivity index (χ1) is 9.42. The van der Waals surface area contributed by atoms with Gasteiger partial charge in [-0.05, 0) is 29.5 Å². The van der Waals surface area contributed by atoms with Gasteiger partial charge in [0.2, 0.25) is 0 Å². The van der Waals surface area contributed by atoms with Gasteiger partial charge in [-0.1, -0.05) is 12.1 Å². The summed E-state index contributed by atoms with van der Waals surface area (Å²) in [4.78, 5) is 3.21. The quantitative estimate of drug-likeness (QED) is 0.688. The SMILES string of the molecule is C1=c2ccc3[nH]ccc3c2=NNCC1c1ccco1. The molecule has 1 aliphatic rings. The van der Waals surface area contributed by atoms with E-state index in [2.05, 4.69) is 39.8 Å². The van der Waals surface area contributed by atoms with E-state index in [-0.39, 0.29) is 5.92 Å². The summed E-state index contributed by atoms with van der Waals surface area (Å²) in [5.74, 6) is 1.17. The van der Waals surface area contributed by atoms with Gasteiger partial charge >= 0.3 is 0 Å². The minimum Gasteiger partial charge on any atom is -0.469 e. The van der Waals surface area contributed by atoms with Crippen LogP contribution < -0.4 is 16.0 Å². The van der Waals surface area contributed by atoms with E-state index in [1.807, 2.05) is 18.3 Å². The number of rotatable bonds is 1. The normalized spacial score (nSPS) is 18.0. The molecule has 4 heteroatoms. The molecule has 0 aliphatic carbocycles. The highest BCUT2D eigenvalue weighted by Crippen LogP contribution is 2.17. The number of hydrogen-bond donors (Lipinski definition) is 2. The van der Waals surface area contributed by atoms with Gasteiger partial charge in [0.05, 0.1) is 17.5 Å². The molecule has 3 aromatic rings. The van der Waals surface area contributed by atoms with Crippen molar-refractivity contribution in [1.29, 1.82) is 0 Å². The zero-order valence-electron chi connectivity index (χ0n) is 10.3. The average molecular weight is 251 g/mol. The standard InChI is InChI=1S/C15H13N3O/c1-2-14(19-7-1)11-8-10-3-4-13-12(5-6-16-13)15(10)18-17-9-11/h1-8,11,16-17H,9H2. The Morgan fingerprint density at radius 2 is 2.21 bits per heavy atom. The third-order valence-corrected chi connectivity index (χ3v) is 3.53. The molecule has 2 aromatic heterocycles. The van der Waals surface area contributed by atoms with Gasteiger partial charge in [0.1, 0.15) is 5.76 Å². The van der Waals surface area contributed by atoms with E-state index in [0.29, 0.717) is 0 Å². The van der Waals surface area contributed by atoms with E-state index in [0.717, 1.165) is 33.8 Å². The molecule has 4 rings (SSSR count). The second kappa shape index (κ2) is 4.02. The summed E-state index contributed by atoms with van der Waals surface area (Å²) in [7, 11) is 0. The molecule has 3 heterocycles. The summed E-state index contributed by atoms with van der Waals surface area (Å²) in [6, 6.07) is 10.2. The predicted molar refractivity (Wildman–Crippen MR) is 73.0 cm³/mol. The van der Waals surface area contributed by atoms with Gasteiger partial charge in [-0.15, -0.1) is 0 Å². The Morgan fingerprint density at radius 3 is 3.11 bits per heavy atom. The van der Waals surface area contributed by atoms with Crippen LogP contribution >= 0.6 is 0 Å². The zero-order valence-corrected chi connectivity index (χ0v) is 10.3. The van der Waals surface area contributed by atoms with Gasteiger partial charge < -0.3 is 14.8 Å². The molecule has 2 N–H and O–H groups in total. The first-order valence-corrected chi connectivity index (χ1v) is 6.34. The van der Waals surface area contributed by atoms with Gasteiger partial charge in [-0.3, -0.25) is 0 Å². The Balaban J connectivity index is 1.98. The smallest absolute Gasteiger partial charge is 0.112 e. The van der Waals surface area contributed by atoms with Crippen molar-refractivity contribution in [2.75, 3.05) is 6.54 Å². The molecule has 0 saturated heterocycles. The number of nitrogens with one attached hydrogen (secondary N) is 2. The highest BCUT2D eigenvalue weighted by Gasteiger charge is 2.13. The van der Waals surface area contributed by atoms with Crippen LogP contribution in [0.4, 0.5) is 0 Å². The number of hydrogen-bond acceptors (Lipinski definition) is 3. The van der Waals surface area contributed by atoms with E-state index in [1.54, 1.807) is 6.26 Å². The third kappa shape index (κ3) is 1.64. The van der Waals surface area contributed by atoms with E-state index < -0.39 is 0 Å². The Morgan fingerprint density at radius 1 is 1.21 bits per heavy atom. The van der Waals surface area contributed by atoms with Gasteiger partial charge in [0.25, 0.3) is 0 Å². The highest BCUT2D eigenvalue weighted by molar-refractivity contribution is 5.79. The Bertz CT molecular complexity index is 830. The molecule has 0 bridgehead atoms. The van der Waals surface area contributed by atoms with Crippen LogP contribution in [0.5, 0.6) is 0 Å². The summed E-state index contributed by atoms with van der Waals surface area (Å²) in [6.07, 6.45) is 5.86. The van der Waals surface area contributed by atoms with E-state index in [4.69, 9.17) is 4.42 Å². The Labute approximate surface area is 109 Å². The van der Waals surface area contributed by atoms with E-state index >= 15 is 0 Å². The van der Waals surface area contributed by atoms with Crippen molar-refractivity contribution in [2.24, 2.45) is 5.10 Å². The topological polar surface area (TPSA) is 53.3 Å². The molecule has 0 fully saturated rings. The fourth-order valence-electron chi connectivity index (χ4n) is 2.58. The minimum absolute atomic E-state index is 0.205. The molecule has 0 spiro atoms. The molecular weight excluding hydrogens is 238 g/mol. The molecule has 0 radical (unpaired) electrons. The van der Waals surface area contributed by atoms with Crippen molar-refractivity contribution in [3.8, 4) is 0 Å². The number of benzene rings is 1. The molecule has 4 nitrogen and oxygen atoms in total. The summed E-state index contributed by atoms with van der Waals surface area (Å²) in [5.41, 5.74) is 4.25. The van der Waals surface area contributed by atoms with Crippen molar-refractivity contribution < 1.29 is 4.42 Å². The number of aromatic nitrogens is 1. The lowest BCUT2D eigenvalue weighted by Crippen LogP contribution is -2.26. The van der Waals surface area contributed by atoms with Crippen molar-refractivity contribution >= 4 is 17.0 Å². The zero-order chi connectivity index (χ0) is 12.7. The lowest BCUT2D eigenvalue weighted by Gasteiger charge is -2.06. The van der Waals surface area contributed by atoms with Crippen molar-refractivity contribution in [1.82, 2.24) is 10.4 Å². The maximum atomic E-state index is 5.50. The fraction of sp³-hybridized carbons (Fsp3) is 0.133. The van der Waals surface area contributed by atoms with Crippen LogP contribution in [0.2, 0.25) is 0 Å². The van der Waals surface area contributed by atoms with Gasteiger partial charge in [-0.25, -0.2) is 0 Å². The summed E-state index contributed by atoms with van der Waals surface area (Å²) in [5, 5.41) is 7.78. The molecule has 1 aliphatic heterocycles. The predicted octanol–water partition coefficient (Wildman–Crippen LogP) is 1.46. The van der Waals surface area contributed by atoms with Gasteiger partial charge in [0.15, 0.2) is 0 Å². The van der Waals surface area contributed by atoms with Crippen molar-refractivity contribution in [3.05, 3.63) is 59.1 Å². The highest BCUT2D eigenvalue weighted by atomic mass is 16.3. The summed E-state index contributed by atoms with van der Waals surface area (Å²) >= 11 is 0. The van der Waals surface area contributed by atoms with Crippen LogP contribution in [0.1, 0.15) is 11.7 Å². The van der Waals surface area contributed by atoms with Crippen LogP contribution in [-0.4, -0.2) is 11.5 Å². The largest absolute Gasteiger partial charge is 0.469 e. The van der Waals surface area contributed by atoms with Gasteiger partial charge in [-0.2, -0.15) is 5.10 Å². The number of aromatic amines is 1. The Kier molecular flexibility index (Phi) is 2.21. The number of furan rings is 1. The van der Waals surface area contributed by atoms with E-state index in [9.17, 15) is 0 Å². The van der Waals surface area contributed by atoms with Crippen LogP contribution in [0, 0.1) is 0 Å². The second-order valence-corrected chi connectivity index (χ2v) is 4.70. The first kappa shape index (κ1) is 10.4. The maximum absolute atomic E-state index is 5.50. The first-order valence-electron chi connectivity index (χ1n) is 6.34. The van der Waals surface area contributed by atoms with Crippen LogP contribution in [0.25, 0.3) is 17.0 Å². The summed E-state index contributed by atoms with van der Waals surface area (Å²) in [6.45, 7) is 0.744. The second-order valence-electron chi connectivity index (χ2n) is 4.70. The minimum atomic E-state index is 0.205. The number of nitrogens with zero attached hydrogens (tertiary/aromatic N) is 1. The fourth-order valence-corrected chi connectivity index (χ4v) is 2.58. The third-order valence-electron chi connectivity index (χ3n) is 3.53. The molecule has 0 amide bonds. The molecular formula is C15H13N3O. The molecule has 1 atom stereocenters. The lowest BCUT2D eigenvalue weighted by molar-refractivity contribution is 0.486. The number of H-pyrrole nitrogens is 1. The molecule has 0 saturated carbocycles. The maximum Gasteiger partial charge on any atom is 0.112 e. The number of fused-ring (bicyclic) bond motifs is 3. The molecule has 1 aromatic carbocycles. The molecule has 94 valence electrons. The lowest BCUT2D eigenvalue weighted by atomic mass is 10.0. The van der Waals surface area contributed by atoms with E-state index in [1.165, 1.54) is 0 Å². The van der Waals surface area contributed by atoms with Crippen molar-refractivity contribution in [2.45, 2.75) is 5.92 Å². The molecule has 19 heavy (non-hydrogen) atoms. The molecule has 1 unspecified atom stereocenters. The monoisotopic (exact) mass is 251 g/mol. The Hall–Kier alpha value is -2.49. The van der Waals surface area contributed by atoms with Crippen molar-refractivity contribution in [3.63, 3.8) is 0 Å².